The van der Waals surface area contributed by atoms with Crippen molar-refractivity contribution in [3.05, 3.63) is 17.2 Å². The molecule has 0 radical (unpaired) electrons. The van der Waals surface area contributed by atoms with Crippen LogP contribution in [0.15, 0.2) is 6.20 Å². The van der Waals surface area contributed by atoms with E-state index >= 15 is 0 Å². The first kappa shape index (κ1) is 18.7. The van der Waals surface area contributed by atoms with Gasteiger partial charge in [0.05, 0.1) is 30.6 Å². The van der Waals surface area contributed by atoms with Gasteiger partial charge >= 0.3 is 6.01 Å². The largest absolute Gasteiger partial charge is 0.463 e. The van der Waals surface area contributed by atoms with Crippen LogP contribution in [0.25, 0.3) is 10.9 Å². The molecular formula is C19H21ClFN5O3. The summed E-state index contributed by atoms with van der Waals surface area (Å²) in [5.41, 5.74) is -0.463. The lowest BCUT2D eigenvalue weighted by molar-refractivity contribution is -0.133. The highest BCUT2D eigenvalue weighted by atomic mass is 35.5. The molecule has 1 saturated carbocycles. The molecule has 0 aromatic carbocycles. The number of pyridine rings is 1. The lowest BCUT2D eigenvalue weighted by Crippen LogP contribution is -2.68. The SMILES string of the molecule is O=C1CC2(CCCN(c3nc(OCC4(CO)CC4)nc4c(F)c(Cl)ncc34)C2)N1. The molecule has 10 heteroatoms. The van der Waals surface area contributed by atoms with E-state index in [-0.39, 0.29) is 46.8 Å². The molecule has 3 aliphatic rings. The molecule has 1 aliphatic carbocycles. The van der Waals surface area contributed by atoms with Crippen LogP contribution < -0.4 is 15.0 Å². The number of fused-ring (bicyclic) bond motifs is 1. The van der Waals surface area contributed by atoms with Gasteiger partial charge in [0.1, 0.15) is 11.3 Å². The average Bonchev–Trinajstić information content (AvgIpc) is 3.49. The first-order valence-corrected chi connectivity index (χ1v) is 10.1. The number of anilines is 1. The van der Waals surface area contributed by atoms with Gasteiger partial charge in [-0.3, -0.25) is 4.79 Å². The summed E-state index contributed by atoms with van der Waals surface area (Å²) in [6, 6.07) is 0.0469. The van der Waals surface area contributed by atoms with E-state index in [9.17, 15) is 14.3 Å². The van der Waals surface area contributed by atoms with E-state index in [0.29, 0.717) is 30.7 Å². The standard InChI is InChI=1S/C19H21ClFN5O3/c20-15-13(21)14-11(7-22-15)16(24-17(23-14)29-10-18(9-27)3-4-18)26-5-1-2-19(8-26)6-12(28)25-19/h7,27H,1-6,8-10H2,(H,25,28). The second-order valence-corrected chi connectivity index (χ2v) is 8.79. The smallest absolute Gasteiger partial charge is 0.319 e. The molecule has 1 amide bonds. The number of aliphatic hydroxyl groups excluding tert-OH is 1. The minimum Gasteiger partial charge on any atom is -0.463 e. The van der Waals surface area contributed by atoms with Crippen molar-refractivity contribution in [3.8, 4) is 6.01 Å². The zero-order valence-corrected chi connectivity index (χ0v) is 16.5. The molecule has 29 heavy (non-hydrogen) atoms. The molecule has 1 atom stereocenters. The molecule has 4 heterocycles. The van der Waals surface area contributed by atoms with Crippen molar-refractivity contribution in [1.29, 1.82) is 0 Å². The number of aliphatic hydroxyl groups is 1. The van der Waals surface area contributed by atoms with Gasteiger partial charge in [-0.1, -0.05) is 11.6 Å². The van der Waals surface area contributed by atoms with E-state index in [1.54, 1.807) is 0 Å². The highest BCUT2D eigenvalue weighted by Gasteiger charge is 2.46. The lowest BCUT2D eigenvalue weighted by atomic mass is 9.80. The summed E-state index contributed by atoms with van der Waals surface area (Å²) in [7, 11) is 0. The number of nitrogens with zero attached hydrogens (tertiary/aromatic N) is 4. The van der Waals surface area contributed by atoms with Crippen LogP contribution in [-0.2, 0) is 4.79 Å². The Morgan fingerprint density at radius 3 is 2.83 bits per heavy atom. The van der Waals surface area contributed by atoms with Crippen molar-refractivity contribution in [3.63, 3.8) is 0 Å². The van der Waals surface area contributed by atoms with Crippen molar-refractivity contribution in [1.82, 2.24) is 20.3 Å². The predicted octanol–water partition coefficient (Wildman–Crippen LogP) is 1.83. The number of carbonyl (C=O) groups excluding carboxylic acids is 1. The van der Waals surface area contributed by atoms with Gasteiger partial charge in [-0.15, -0.1) is 0 Å². The molecule has 2 aromatic rings. The summed E-state index contributed by atoms with van der Waals surface area (Å²) in [6.45, 7) is 1.60. The first-order chi connectivity index (χ1) is 13.9. The minimum atomic E-state index is -0.718. The number of carbonyl (C=O) groups is 1. The third kappa shape index (κ3) is 3.26. The van der Waals surface area contributed by atoms with Crippen molar-refractivity contribution < 1.29 is 19.0 Å². The maximum atomic E-state index is 14.7. The number of halogens is 2. The Hall–Kier alpha value is -2.26. The third-order valence-electron chi connectivity index (χ3n) is 6.18. The Kier molecular flexibility index (Phi) is 4.29. The fourth-order valence-electron chi connectivity index (χ4n) is 4.19. The zero-order chi connectivity index (χ0) is 20.2. The highest BCUT2D eigenvalue weighted by molar-refractivity contribution is 6.30. The van der Waals surface area contributed by atoms with Gasteiger partial charge in [0.15, 0.2) is 11.0 Å². The Morgan fingerprint density at radius 2 is 2.14 bits per heavy atom. The summed E-state index contributed by atoms with van der Waals surface area (Å²) in [5, 5.41) is 12.7. The number of aromatic nitrogens is 3. The molecule has 2 aromatic heterocycles. The fourth-order valence-corrected chi connectivity index (χ4v) is 4.33. The number of amides is 1. The molecule has 1 unspecified atom stereocenters. The number of β-lactam (4-membered cyclic amide) rings is 1. The van der Waals surface area contributed by atoms with E-state index < -0.39 is 5.82 Å². The quantitative estimate of drug-likeness (QED) is 0.561. The molecule has 1 spiro atoms. The molecule has 2 N–H and O–H groups in total. The van der Waals surface area contributed by atoms with E-state index in [1.165, 1.54) is 6.20 Å². The number of hydrogen-bond acceptors (Lipinski definition) is 7. The normalized spacial score (nSPS) is 25.1. The van der Waals surface area contributed by atoms with Gasteiger partial charge in [0.2, 0.25) is 5.91 Å². The number of ether oxygens (including phenoxy) is 1. The number of hydrogen-bond donors (Lipinski definition) is 2. The maximum absolute atomic E-state index is 14.7. The van der Waals surface area contributed by atoms with Crippen LogP contribution in [-0.4, -0.2) is 57.8 Å². The number of nitrogens with one attached hydrogen (secondary N) is 1. The fraction of sp³-hybridized carbons (Fsp3) is 0.579. The van der Waals surface area contributed by atoms with Crippen LogP contribution in [0.2, 0.25) is 5.15 Å². The Labute approximate surface area is 171 Å². The van der Waals surface area contributed by atoms with Gasteiger partial charge in [0.25, 0.3) is 0 Å². The Bertz CT molecular complexity index is 991. The van der Waals surface area contributed by atoms with Gasteiger partial charge in [-0.25, -0.2) is 9.37 Å². The van der Waals surface area contributed by atoms with E-state index in [1.807, 2.05) is 4.90 Å². The first-order valence-electron chi connectivity index (χ1n) is 9.74. The second-order valence-electron chi connectivity index (χ2n) is 8.43. The molecule has 2 aliphatic heterocycles. The Morgan fingerprint density at radius 1 is 1.34 bits per heavy atom. The molecule has 8 nitrogen and oxygen atoms in total. The van der Waals surface area contributed by atoms with Crippen LogP contribution in [0.1, 0.15) is 32.1 Å². The van der Waals surface area contributed by atoms with E-state index in [2.05, 4.69) is 20.3 Å². The summed E-state index contributed by atoms with van der Waals surface area (Å²) in [5.74, 6) is -0.159. The van der Waals surface area contributed by atoms with Crippen molar-refractivity contribution in [2.45, 2.75) is 37.6 Å². The summed E-state index contributed by atoms with van der Waals surface area (Å²) in [6.07, 6.45) is 5.48. The average molecular weight is 422 g/mol. The lowest BCUT2D eigenvalue weighted by Gasteiger charge is -2.49. The van der Waals surface area contributed by atoms with Crippen LogP contribution >= 0.6 is 11.6 Å². The molecule has 3 fully saturated rings. The molecule has 154 valence electrons. The van der Waals surface area contributed by atoms with Crippen molar-refractivity contribution >= 4 is 34.2 Å². The van der Waals surface area contributed by atoms with Gasteiger partial charge < -0.3 is 20.1 Å². The minimum absolute atomic E-state index is 0.0336. The maximum Gasteiger partial charge on any atom is 0.319 e. The monoisotopic (exact) mass is 421 g/mol. The topological polar surface area (TPSA) is 100 Å². The van der Waals surface area contributed by atoms with Crippen LogP contribution in [0.5, 0.6) is 6.01 Å². The zero-order valence-electron chi connectivity index (χ0n) is 15.7. The predicted molar refractivity (Wildman–Crippen MR) is 103 cm³/mol. The van der Waals surface area contributed by atoms with Gasteiger partial charge in [0, 0.05) is 24.7 Å². The number of rotatable bonds is 5. The van der Waals surface area contributed by atoms with Crippen LogP contribution in [0.4, 0.5) is 10.2 Å². The summed E-state index contributed by atoms with van der Waals surface area (Å²) >= 11 is 5.87. The van der Waals surface area contributed by atoms with Gasteiger partial charge in [-0.2, -0.15) is 9.97 Å². The van der Waals surface area contributed by atoms with Crippen molar-refractivity contribution in [2.75, 3.05) is 31.2 Å². The summed E-state index contributed by atoms with van der Waals surface area (Å²) in [4.78, 5) is 26.2. The Balaban J connectivity index is 1.52. The van der Waals surface area contributed by atoms with E-state index in [4.69, 9.17) is 16.3 Å². The molecule has 0 bridgehead atoms. The second kappa shape index (κ2) is 6.63. The molecule has 5 rings (SSSR count). The van der Waals surface area contributed by atoms with Gasteiger partial charge in [-0.05, 0) is 25.7 Å². The molecule has 2 saturated heterocycles. The van der Waals surface area contributed by atoms with Crippen molar-refractivity contribution in [2.24, 2.45) is 5.41 Å². The third-order valence-corrected chi connectivity index (χ3v) is 6.44. The van der Waals surface area contributed by atoms with Crippen LogP contribution in [0, 0.1) is 11.2 Å². The molecular weight excluding hydrogens is 401 g/mol. The summed E-state index contributed by atoms with van der Waals surface area (Å²) < 4.78 is 20.5. The van der Waals surface area contributed by atoms with Crippen LogP contribution in [0.3, 0.4) is 0 Å². The number of piperidine rings is 1. The highest BCUT2D eigenvalue weighted by Crippen LogP contribution is 2.45. The van der Waals surface area contributed by atoms with E-state index in [0.717, 1.165) is 25.7 Å².